The highest BCUT2D eigenvalue weighted by Gasteiger charge is 2.42. The highest BCUT2D eigenvalue weighted by Crippen LogP contribution is 2.52. The van der Waals surface area contributed by atoms with Crippen molar-refractivity contribution in [3.63, 3.8) is 0 Å². The van der Waals surface area contributed by atoms with Crippen LogP contribution < -0.4 is 5.73 Å². The standard InChI is InChI=1S/C15H25N3O/c1-8(2)13(9(3)16)15-17-14(18-19-15)12-7-10-4-5-11(12)6-10/h8-13H,4-7,16H2,1-3H3. The van der Waals surface area contributed by atoms with E-state index in [4.69, 9.17) is 15.2 Å². The van der Waals surface area contributed by atoms with Crippen molar-refractivity contribution in [2.24, 2.45) is 23.5 Å². The Morgan fingerprint density at radius 2 is 2.00 bits per heavy atom. The van der Waals surface area contributed by atoms with Gasteiger partial charge >= 0.3 is 0 Å². The molecule has 2 fully saturated rings. The van der Waals surface area contributed by atoms with E-state index >= 15 is 0 Å². The molecule has 5 atom stereocenters. The molecule has 2 bridgehead atoms. The molecule has 4 nitrogen and oxygen atoms in total. The Hall–Kier alpha value is -0.900. The average molecular weight is 263 g/mol. The number of aromatic nitrogens is 2. The number of hydrogen-bond donors (Lipinski definition) is 1. The van der Waals surface area contributed by atoms with E-state index in [2.05, 4.69) is 19.0 Å². The molecule has 19 heavy (non-hydrogen) atoms. The van der Waals surface area contributed by atoms with Crippen LogP contribution in [0.3, 0.4) is 0 Å². The van der Waals surface area contributed by atoms with Crippen LogP contribution in [-0.4, -0.2) is 16.2 Å². The number of nitrogens with zero attached hydrogens (tertiary/aromatic N) is 2. The zero-order valence-corrected chi connectivity index (χ0v) is 12.2. The van der Waals surface area contributed by atoms with Crippen molar-refractivity contribution < 1.29 is 4.52 Å². The molecule has 0 saturated heterocycles. The van der Waals surface area contributed by atoms with Crippen LogP contribution in [0.15, 0.2) is 4.52 Å². The van der Waals surface area contributed by atoms with Gasteiger partial charge in [-0.05, 0) is 43.9 Å². The molecule has 0 amide bonds. The molecule has 3 rings (SSSR count). The minimum absolute atomic E-state index is 0.0494. The Balaban J connectivity index is 1.79. The Kier molecular flexibility index (Phi) is 3.37. The quantitative estimate of drug-likeness (QED) is 0.906. The van der Waals surface area contributed by atoms with Crippen molar-refractivity contribution in [1.29, 1.82) is 0 Å². The first kappa shape index (κ1) is 13.1. The van der Waals surface area contributed by atoms with Crippen LogP contribution >= 0.6 is 0 Å². The zero-order chi connectivity index (χ0) is 13.6. The van der Waals surface area contributed by atoms with Crippen LogP contribution in [0, 0.1) is 17.8 Å². The fourth-order valence-corrected chi connectivity index (χ4v) is 4.21. The Bertz CT molecular complexity index is 432. The van der Waals surface area contributed by atoms with Gasteiger partial charge < -0.3 is 10.3 Å². The number of fused-ring (bicyclic) bond motifs is 2. The summed E-state index contributed by atoms with van der Waals surface area (Å²) in [5, 5.41) is 4.26. The predicted octanol–water partition coefficient (Wildman–Crippen LogP) is 3.06. The third-order valence-electron chi connectivity index (χ3n) is 5.10. The minimum atomic E-state index is 0.0494. The largest absolute Gasteiger partial charge is 0.339 e. The lowest BCUT2D eigenvalue weighted by molar-refractivity contribution is 0.295. The maximum absolute atomic E-state index is 6.07. The lowest BCUT2D eigenvalue weighted by atomic mass is 9.88. The molecular formula is C15H25N3O. The first-order valence-corrected chi connectivity index (χ1v) is 7.65. The second-order valence-corrected chi connectivity index (χ2v) is 6.90. The van der Waals surface area contributed by atoms with Gasteiger partial charge in [0.15, 0.2) is 5.82 Å². The summed E-state index contributed by atoms with van der Waals surface area (Å²) in [6, 6.07) is 0.0494. The normalized spacial score (nSPS) is 33.0. The first-order chi connectivity index (χ1) is 9.06. The summed E-state index contributed by atoms with van der Waals surface area (Å²) in [4.78, 5) is 4.70. The van der Waals surface area contributed by atoms with Crippen LogP contribution in [0.4, 0.5) is 0 Å². The van der Waals surface area contributed by atoms with Crippen molar-refractivity contribution in [3.8, 4) is 0 Å². The molecule has 106 valence electrons. The van der Waals surface area contributed by atoms with Gasteiger partial charge in [0, 0.05) is 12.0 Å². The second-order valence-electron chi connectivity index (χ2n) is 6.90. The maximum atomic E-state index is 6.07. The topological polar surface area (TPSA) is 64.9 Å². The molecule has 0 aromatic carbocycles. The van der Waals surface area contributed by atoms with Crippen molar-refractivity contribution in [3.05, 3.63) is 11.7 Å². The van der Waals surface area contributed by atoms with Gasteiger partial charge in [0.2, 0.25) is 5.89 Å². The van der Waals surface area contributed by atoms with Crippen LogP contribution in [-0.2, 0) is 0 Å². The summed E-state index contributed by atoms with van der Waals surface area (Å²) in [5.41, 5.74) is 6.07. The highest BCUT2D eigenvalue weighted by atomic mass is 16.5. The van der Waals surface area contributed by atoms with Gasteiger partial charge in [0.1, 0.15) is 0 Å². The number of hydrogen-bond acceptors (Lipinski definition) is 4. The van der Waals surface area contributed by atoms with Crippen molar-refractivity contribution in [2.45, 2.75) is 64.3 Å². The van der Waals surface area contributed by atoms with Gasteiger partial charge in [-0.1, -0.05) is 25.4 Å². The smallest absolute Gasteiger partial charge is 0.231 e. The van der Waals surface area contributed by atoms with Crippen molar-refractivity contribution >= 4 is 0 Å². The molecule has 1 aromatic rings. The van der Waals surface area contributed by atoms with Crippen molar-refractivity contribution in [1.82, 2.24) is 10.1 Å². The molecule has 0 spiro atoms. The molecule has 1 heterocycles. The summed E-state index contributed by atoms with van der Waals surface area (Å²) in [7, 11) is 0. The van der Waals surface area contributed by atoms with Gasteiger partial charge in [-0.3, -0.25) is 0 Å². The molecule has 2 N–H and O–H groups in total. The molecule has 2 aliphatic carbocycles. The summed E-state index contributed by atoms with van der Waals surface area (Å²) >= 11 is 0. The fourth-order valence-electron chi connectivity index (χ4n) is 4.21. The lowest BCUT2D eigenvalue weighted by Gasteiger charge is -2.20. The van der Waals surface area contributed by atoms with E-state index in [-0.39, 0.29) is 12.0 Å². The van der Waals surface area contributed by atoms with E-state index in [0.717, 1.165) is 23.6 Å². The third kappa shape index (κ3) is 2.31. The molecule has 2 aliphatic rings. The fraction of sp³-hybridized carbons (Fsp3) is 0.867. The molecule has 2 saturated carbocycles. The van der Waals surface area contributed by atoms with Crippen LogP contribution in [0.25, 0.3) is 0 Å². The monoisotopic (exact) mass is 263 g/mol. The van der Waals surface area contributed by atoms with E-state index in [9.17, 15) is 0 Å². The van der Waals surface area contributed by atoms with E-state index < -0.39 is 0 Å². The highest BCUT2D eigenvalue weighted by molar-refractivity contribution is 5.08. The Labute approximate surface area is 115 Å². The molecule has 5 unspecified atom stereocenters. The van der Waals surface area contributed by atoms with E-state index in [1.807, 2.05) is 6.92 Å². The number of rotatable bonds is 4. The summed E-state index contributed by atoms with van der Waals surface area (Å²) < 4.78 is 5.53. The maximum Gasteiger partial charge on any atom is 0.231 e. The first-order valence-electron chi connectivity index (χ1n) is 7.65. The van der Waals surface area contributed by atoms with Gasteiger partial charge in [-0.25, -0.2) is 0 Å². The summed E-state index contributed by atoms with van der Waals surface area (Å²) in [6.45, 7) is 6.34. The Morgan fingerprint density at radius 3 is 2.53 bits per heavy atom. The van der Waals surface area contributed by atoms with Gasteiger partial charge in [0.25, 0.3) is 0 Å². The van der Waals surface area contributed by atoms with Crippen molar-refractivity contribution in [2.75, 3.05) is 0 Å². The van der Waals surface area contributed by atoms with Gasteiger partial charge in [-0.2, -0.15) is 4.98 Å². The summed E-state index contributed by atoms with van der Waals surface area (Å²) in [6.07, 6.45) is 5.38. The van der Waals surface area contributed by atoms with Gasteiger partial charge in [0.05, 0.1) is 5.92 Å². The molecule has 0 radical (unpaired) electrons. The SMILES string of the molecule is CC(C)C(c1nc(C2CC3CCC2C3)no1)C(C)N. The lowest BCUT2D eigenvalue weighted by Crippen LogP contribution is -2.28. The van der Waals surface area contributed by atoms with Crippen LogP contribution in [0.1, 0.15) is 70.0 Å². The average Bonchev–Trinajstić information content (AvgIpc) is 3.02. The second kappa shape index (κ2) is 4.89. The van der Waals surface area contributed by atoms with Crippen LogP contribution in [0.5, 0.6) is 0 Å². The van der Waals surface area contributed by atoms with E-state index in [1.165, 1.54) is 25.7 Å². The molecule has 0 aliphatic heterocycles. The summed E-state index contributed by atoms with van der Waals surface area (Å²) in [5.74, 6) is 4.51. The number of nitrogens with two attached hydrogens (primary N) is 1. The zero-order valence-electron chi connectivity index (χ0n) is 12.2. The third-order valence-corrected chi connectivity index (χ3v) is 5.10. The predicted molar refractivity (Wildman–Crippen MR) is 73.7 cm³/mol. The minimum Gasteiger partial charge on any atom is -0.339 e. The molecular weight excluding hydrogens is 238 g/mol. The van der Waals surface area contributed by atoms with E-state index in [1.54, 1.807) is 0 Å². The molecule has 1 aromatic heterocycles. The Morgan fingerprint density at radius 1 is 1.21 bits per heavy atom. The van der Waals surface area contributed by atoms with Gasteiger partial charge in [-0.15, -0.1) is 0 Å². The molecule has 4 heteroatoms. The van der Waals surface area contributed by atoms with Crippen LogP contribution in [0.2, 0.25) is 0 Å². The van der Waals surface area contributed by atoms with E-state index in [0.29, 0.717) is 11.8 Å².